The Morgan fingerprint density at radius 3 is 2.53 bits per heavy atom. The van der Waals surface area contributed by atoms with Crippen molar-refractivity contribution in [3.8, 4) is 0 Å². The summed E-state index contributed by atoms with van der Waals surface area (Å²) in [6, 6.07) is 0. The molecular formula is C12H23NO2. The van der Waals surface area contributed by atoms with Gasteiger partial charge in [0.15, 0.2) is 0 Å². The fourth-order valence-electron chi connectivity index (χ4n) is 1.30. The Morgan fingerprint density at radius 1 is 1.20 bits per heavy atom. The summed E-state index contributed by atoms with van der Waals surface area (Å²) in [4.78, 5) is 14.9. The van der Waals surface area contributed by atoms with Crippen molar-refractivity contribution in [2.24, 2.45) is 4.99 Å². The number of rotatable bonds is 9. The third-order valence-electron chi connectivity index (χ3n) is 2.26. The van der Waals surface area contributed by atoms with E-state index in [1.165, 1.54) is 39.2 Å². The van der Waals surface area contributed by atoms with Crippen molar-refractivity contribution >= 4 is 12.2 Å². The number of unbranched alkanes of at least 4 members (excludes halogenated alkanes) is 5. The van der Waals surface area contributed by atoms with Crippen molar-refractivity contribution in [1.29, 1.82) is 0 Å². The molecule has 0 atom stereocenters. The second-order valence-corrected chi connectivity index (χ2v) is 3.64. The Hall–Kier alpha value is -0.860. The number of hydrogen-bond acceptors (Lipinski definition) is 3. The average Bonchev–Trinajstić information content (AvgIpc) is 2.26. The number of carbonyl (C=O) groups is 1. The smallest absolute Gasteiger partial charge is 0.310 e. The molecule has 0 unspecified atom stereocenters. The van der Waals surface area contributed by atoms with Crippen LogP contribution in [0.25, 0.3) is 0 Å². The molecule has 0 aliphatic heterocycles. The van der Waals surface area contributed by atoms with Gasteiger partial charge in [-0.2, -0.15) is 0 Å². The molecule has 0 aliphatic carbocycles. The number of aliphatic imine (C=N–C) groups is 1. The number of carbonyl (C=O) groups excluding carboxylic acids is 1. The molecular weight excluding hydrogens is 190 g/mol. The van der Waals surface area contributed by atoms with Crippen LogP contribution < -0.4 is 0 Å². The summed E-state index contributed by atoms with van der Waals surface area (Å²) in [5.41, 5.74) is 0. The van der Waals surface area contributed by atoms with Gasteiger partial charge in [0.25, 0.3) is 0 Å². The molecule has 0 aromatic carbocycles. The lowest BCUT2D eigenvalue weighted by atomic mass is 10.1. The van der Waals surface area contributed by atoms with Crippen LogP contribution in [-0.2, 0) is 9.53 Å². The molecule has 88 valence electrons. The van der Waals surface area contributed by atoms with E-state index in [0.29, 0.717) is 6.42 Å². The van der Waals surface area contributed by atoms with Gasteiger partial charge in [-0.25, -0.2) is 0 Å². The summed E-state index contributed by atoms with van der Waals surface area (Å²) in [5, 5.41) is 0. The highest BCUT2D eigenvalue weighted by atomic mass is 16.5. The van der Waals surface area contributed by atoms with Crippen LogP contribution in [0.5, 0.6) is 0 Å². The average molecular weight is 213 g/mol. The molecule has 0 amide bonds. The van der Waals surface area contributed by atoms with Gasteiger partial charge in [0.2, 0.25) is 0 Å². The van der Waals surface area contributed by atoms with Gasteiger partial charge in [-0.05, 0) is 6.42 Å². The lowest BCUT2D eigenvalue weighted by molar-refractivity contribution is -0.139. The maximum absolute atomic E-state index is 10.7. The molecule has 0 bridgehead atoms. The Morgan fingerprint density at radius 2 is 1.87 bits per heavy atom. The molecule has 0 radical (unpaired) electrons. The number of esters is 1. The highest BCUT2D eigenvalue weighted by molar-refractivity contribution is 5.85. The van der Waals surface area contributed by atoms with Crippen LogP contribution in [0.15, 0.2) is 4.99 Å². The lowest BCUT2D eigenvalue weighted by Gasteiger charge is -1.97. The second-order valence-electron chi connectivity index (χ2n) is 3.64. The fourth-order valence-corrected chi connectivity index (χ4v) is 1.30. The summed E-state index contributed by atoms with van der Waals surface area (Å²) < 4.78 is 4.49. The van der Waals surface area contributed by atoms with Crippen molar-refractivity contribution in [2.45, 2.75) is 51.9 Å². The largest absolute Gasteiger partial charge is 0.469 e. The Bertz CT molecular complexity index is 178. The van der Waals surface area contributed by atoms with E-state index in [4.69, 9.17) is 0 Å². The number of methoxy groups -OCH3 is 1. The first-order chi connectivity index (χ1) is 7.31. The van der Waals surface area contributed by atoms with E-state index in [9.17, 15) is 4.79 Å². The predicted molar refractivity (Wildman–Crippen MR) is 63.4 cm³/mol. The first-order valence-corrected chi connectivity index (χ1v) is 5.86. The zero-order valence-electron chi connectivity index (χ0n) is 10.00. The molecule has 0 spiro atoms. The minimum absolute atomic E-state index is 0.221. The van der Waals surface area contributed by atoms with E-state index in [1.807, 2.05) is 0 Å². The van der Waals surface area contributed by atoms with Gasteiger partial charge in [0, 0.05) is 12.8 Å². The molecule has 0 heterocycles. The molecule has 3 heteroatoms. The van der Waals surface area contributed by atoms with Crippen LogP contribution in [0.1, 0.15) is 51.9 Å². The standard InChI is InChI=1S/C12H23NO2/c1-3-4-5-6-7-8-10-13-11-9-12(14)15-2/h11H,3-10H2,1-2H3. The zero-order chi connectivity index (χ0) is 11.4. The minimum atomic E-state index is -0.221. The zero-order valence-corrected chi connectivity index (χ0v) is 10.00. The van der Waals surface area contributed by atoms with Gasteiger partial charge < -0.3 is 4.74 Å². The summed E-state index contributed by atoms with van der Waals surface area (Å²) in [6.45, 7) is 3.06. The SMILES string of the molecule is CCCCCCCCN=CCC(=O)OC. The van der Waals surface area contributed by atoms with Crippen LogP contribution in [-0.4, -0.2) is 25.8 Å². The molecule has 0 aliphatic rings. The van der Waals surface area contributed by atoms with Crippen LogP contribution in [0.2, 0.25) is 0 Å². The molecule has 0 aromatic heterocycles. The Labute approximate surface area is 92.9 Å². The van der Waals surface area contributed by atoms with E-state index >= 15 is 0 Å². The van der Waals surface area contributed by atoms with E-state index in [0.717, 1.165) is 13.0 Å². The van der Waals surface area contributed by atoms with Gasteiger partial charge in [0.1, 0.15) is 0 Å². The molecule has 3 nitrogen and oxygen atoms in total. The van der Waals surface area contributed by atoms with E-state index < -0.39 is 0 Å². The summed E-state index contributed by atoms with van der Waals surface area (Å²) >= 11 is 0. The fraction of sp³-hybridized carbons (Fsp3) is 0.833. The summed E-state index contributed by atoms with van der Waals surface area (Å²) in [5.74, 6) is -0.221. The summed E-state index contributed by atoms with van der Waals surface area (Å²) in [7, 11) is 1.39. The molecule has 0 saturated heterocycles. The normalized spacial score (nSPS) is 10.8. The molecule has 0 aromatic rings. The highest BCUT2D eigenvalue weighted by Gasteiger charge is 1.94. The van der Waals surface area contributed by atoms with Crippen molar-refractivity contribution in [3.05, 3.63) is 0 Å². The quantitative estimate of drug-likeness (QED) is 0.335. The van der Waals surface area contributed by atoms with Crippen LogP contribution >= 0.6 is 0 Å². The molecule has 0 fully saturated rings. The monoisotopic (exact) mass is 213 g/mol. The Balaban J connectivity index is 3.13. The molecule has 15 heavy (non-hydrogen) atoms. The number of hydrogen-bond donors (Lipinski definition) is 0. The first-order valence-electron chi connectivity index (χ1n) is 5.86. The van der Waals surface area contributed by atoms with Crippen LogP contribution in [0.4, 0.5) is 0 Å². The van der Waals surface area contributed by atoms with Crippen molar-refractivity contribution in [2.75, 3.05) is 13.7 Å². The van der Waals surface area contributed by atoms with Crippen molar-refractivity contribution in [1.82, 2.24) is 0 Å². The maximum Gasteiger partial charge on any atom is 0.310 e. The summed E-state index contributed by atoms with van der Waals surface area (Å²) in [6.07, 6.45) is 9.59. The van der Waals surface area contributed by atoms with Crippen LogP contribution in [0.3, 0.4) is 0 Å². The van der Waals surface area contributed by atoms with Crippen molar-refractivity contribution < 1.29 is 9.53 Å². The number of ether oxygens (including phenoxy) is 1. The molecule has 0 saturated carbocycles. The van der Waals surface area contributed by atoms with E-state index in [2.05, 4.69) is 16.7 Å². The maximum atomic E-state index is 10.7. The topological polar surface area (TPSA) is 38.7 Å². The van der Waals surface area contributed by atoms with E-state index in [1.54, 1.807) is 6.21 Å². The molecule has 0 rings (SSSR count). The van der Waals surface area contributed by atoms with Gasteiger partial charge in [-0.1, -0.05) is 39.0 Å². The third-order valence-corrected chi connectivity index (χ3v) is 2.26. The number of nitrogens with zero attached hydrogens (tertiary/aromatic N) is 1. The third kappa shape index (κ3) is 11.1. The first kappa shape index (κ1) is 14.1. The lowest BCUT2D eigenvalue weighted by Crippen LogP contribution is -2.00. The van der Waals surface area contributed by atoms with Crippen molar-refractivity contribution in [3.63, 3.8) is 0 Å². The Kier molecular flexibility index (Phi) is 10.6. The van der Waals surface area contributed by atoms with Gasteiger partial charge in [-0.15, -0.1) is 0 Å². The predicted octanol–water partition coefficient (Wildman–Crippen LogP) is 2.98. The van der Waals surface area contributed by atoms with Gasteiger partial charge in [0.05, 0.1) is 13.5 Å². The van der Waals surface area contributed by atoms with Crippen LogP contribution in [0, 0.1) is 0 Å². The van der Waals surface area contributed by atoms with Gasteiger partial charge in [-0.3, -0.25) is 9.79 Å². The van der Waals surface area contributed by atoms with E-state index in [-0.39, 0.29) is 5.97 Å². The van der Waals surface area contributed by atoms with Gasteiger partial charge >= 0.3 is 5.97 Å². The molecule has 0 N–H and O–H groups in total. The highest BCUT2D eigenvalue weighted by Crippen LogP contribution is 2.04. The second kappa shape index (κ2) is 11.2. The minimum Gasteiger partial charge on any atom is -0.469 e.